The summed E-state index contributed by atoms with van der Waals surface area (Å²) in [5.41, 5.74) is 6.67. The number of carbonyl (C=O) groups is 1. The van der Waals surface area contributed by atoms with Gasteiger partial charge in [0, 0.05) is 54.8 Å². The van der Waals surface area contributed by atoms with E-state index in [0.29, 0.717) is 49.6 Å². The van der Waals surface area contributed by atoms with E-state index < -0.39 is 0 Å². The third kappa shape index (κ3) is 8.99. The van der Waals surface area contributed by atoms with Gasteiger partial charge in [-0.3, -0.25) is 9.59 Å². The number of ether oxygens (including phenoxy) is 3. The molecular weight excluding hydrogens is 580 g/mol. The van der Waals surface area contributed by atoms with Gasteiger partial charge in [0.25, 0.3) is 11.5 Å². The van der Waals surface area contributed by atoms with Crippen molar-refractivity contribution in [3.05, 3.63) is 80.8 Å². The highest BCUT2D eigenvalue weighted by Crippen LogP contribution is 2.36. The molecule has 0 atom stereocenters. The number of amides is 1. The van der Waals surface area contributed by atoms with Gasteiger partial charge in [-0.15, -0.1) is 0 Å². The molecule has 4 rings (SSSR count). The molecular formula is C37H52N4O5. The zero-order chi connectivity index (χ0) is 33.2. The van der Waals surface area contributed by atoms with Crippen molar-refractivity contribution in [2.75, 3.05) is 59.1 Å². The summed E-state index contributed by atoms with van der Waals surface area (Å²) in [6.45, 7) is 11.0. The number of aryl methyl sites for hydroxylation is 2. The second-order valence-electron chi connectivity index (χ2n) is 12.5. The minimum Gasteiger partial charge on any atom is -0.491 e. The molecule has 2 aromatic carbocycles. The van der Waals surface area contributed by atoms with Gasteiger partial charge in [-0.25, -0.2) is 0 Å². The number of carbonyl (C=O) groups excluding carboxylic acids is 1. The number of rotatable bonds is 15. The molecule has 1 amide bonds. The number of anilines is 1. The molecule has 0 unspecified atom stereocenters. The monoisotopic (exact) mass is 632 g/mol. The van der Waals surface area contributed by atoms with E-state index in [1.54, 1.807) is 7.11 Å². The lowest BCUT2D eigenvalue weighted by atomic mass is 9.88. The molecule has 1 aromatic heterocycles. The molecule has 1 saturated carbocycles. The highest BCUT2D eigenvalue weighted by molar-refractivity contribution is 5.99. The fraction of sp³-hybridized carbons (Fsp3) is 0.514. The molecule has 0 bridgehead atoms. The van der Waals surface area contributed by atoms with Crippen LogP contribution in [0.25, 0.3) is 11.1 Å². The van der Waals surface area contributed by atoms with Crippen molar-refractivity contribution >= 4 is 11.6 Å². The Hall–Kier alpha value is -3.66. The maximum atomic E-state index is 13.8. The molecule has 0 radical (unpaired) electrons. The SMILES string of the molecule is CCN(c1cc(-c2ccc(OCCOCCOC)cc2)cc(C(=O)NCc2c(C)cc(C)[nH]c2=O)c1C)C1CCC(N(C)C)CC1. The Morgan fingerprint density at radius 2 is 1.59 bits per heavy atom. The van der Waals surface area contributed by atoms with Crippen LogP contribution in [0.1, 0.15) is 65.3 Å². The Balaban J connectivity index is 1.62. The summed E-state index contributed by atoms with van der Waals surface area (Å²) < 4.78 is 16.4. The number of pyridine rings is 1. The lowest BCUT2D eigenvalue weighted by Crippen LogP contribution is -2.42. The first-order chi connectivity index (χ1) is 22.1. The van der Waals surface area contributed by atoms with Gasteiger partial charge in [-0.1, -0.05) is 12.1 Å². The zero-order valence-electron chi connectivity index (χ0n) is 28.7. The van der Waals surface area contributed by atoms with Crippen LogP contribution in [-0.2, 0) is 16.0 Å². The van der Waals surface area contributed by atoms with Crippen molar-refractivity contribution < 1.29 is 19.0 Å². The van der Waals surface area contributed by atoms with Crippen molar-refractivity contribution in [2.45, 2.75) is 72.0 Å². The second-order valence-corrected chi connectivity index (χ2v) is 12.5. The average Bonchev–Trinajstić information content (AvgIpc) is 3.03. The van der Waals surface area contributed by atoms with E-state index in [0.717, 1.165) is 71.6 Å². The van der Waals surface area contributed by atoms with Crippen LogP contribution in [0.3, 0.4) is 0 Å². The molecule has 2 N–H and O–H groups in total. The normalized spacial score (nSPS) is 16.4. The van der Waals surface area contributed by atoms with Crippen molar-refractivity contribution in [3.8, 4) is 16.9 Å². The van der Waals surface area contributed by atoms with E-state index in [4.69, 9.17) is 14.2 Å². The fourth-order valence-corrected chi connectivity index (χ4v) is 6.48. The standard InChI is InChI=1S/C37H52N4O5/c1-8-41(31-13-11-30(12-14-31)40(5)6)35-23-29(28-9-15-32(16-10-28)46-20-19-45-18-17-44-7)22-33(27(35)4)36(42)38-24-34-25(2)21-26(3)39-37(34)43/h9-10,15-16,21-23,30-31H,8,11-14,17-20,24H2,1-7H3,(H,38,42)(H,39,43). The number of H-pyrrole nitrogens is 1. The number of aromatic amines is 1. The Morgan fingerprint density at radius 3 is 2.22 bits per heavy atom. The molecule has 1 aliphatic carbocycles. The number of hydrogen-bond donors (Lipinski definition) is 2. The third-order valence-electron chi connectivity index (χ3n) is 9.15. The Kier molecular flexibility index (Phi) is 12.8. The minimum absolute atomic E-state index is 0.159. The Morgan fingerprint density at radius 1 is 0.913 bits per heavy atom. The van der Waals surface area contributed by atoms with E-state index in [1.807, 2.05) is 57.2 Å². The summed E-state index contributed by atoms with van der Waals surface area (Å²) in [5.74, 6) is 0.566. The lowest BCUT2D eigenvalue weighted by molar-refractivity contribution is 0.0544. The van der Waals surface area contributed by atoms with E-state index in [2.05, 4.69) is 47.2 Å². The van der Waals surface area contributed by atoms with Crippen LogP contribution in [0.15, 0.2) is 47.3 Å². The van der Waals surface area contributed by atoms with Gasteiger partial charge in [0.2, 0.25) is 0 Å². The first-order valence-corrected chi connectivity index (χ1v) is 16.5. The predicted octanol–water partition coefficient (Wildman–Crippen LogP) is 5.64. The smallest absolute Gasteiger partial charge is 0.253 e. The number of hydrogen-bond acceptors (Lipinski definition) is 7. The van der Waals surface area contributed by atoms with Crippen LogP contribution < -0.4 is 20.5 Å². The fourth-order valence-electron chi connectivity index (χ4n) is 6.48. The number of aromatic nitrogens is 1. The topological polar surface area (TPSA) is 96.1 Å². The van der Waals surface area contributed by atoms with Gasteiger partial charge in [0.1, 0.15) is 12.4 Å². The first kappa shape index (κ1) is 35.2. The summed E-state index contributed by atoms with van der Waals surface area (Å²) in [6, 6.07) is 15.1. The summed E-state index contributed by atoms with van der Waals surface area (Å²) in [7, 11) is 5.98. The maximum Gasteiger partial charge on any atom is 0.253 e. The zero-order valence-corrected chi connectivity index (χ0v) is 28.7. The number of nitrogens with one attached hydrogen (secondary N) is 2. The summed E-state index contributed by atoms with van der Waals surface area (Å²) in [5, 5.41) is 3.05. The first-order valence-electron chi connectivity index (χ1n) is 16.5. The summed E-state index contributed by atoms with van der Waals surface area (Å²) >= 11 is 0. The predicted molar refractivity (Wildman–Crippen MR) is 185 cm³/mol. The van der Waals surface area contributed by atoms with Gasteiger partial charge in [-0.05, 0) is 120 Å². The van der Waals surface area contributed by atoms with Gasteiger partial charge >= 0.3 is 0 Å². The highest BCUT2D eigenvalue weighted by atomic mass is 16.5. The lowest BCUT2D eigenvalue weighted by Gasteiger charge is -2.40. The quantitative estimate of drug-likeness (QED) is 0.210. The van der Waals surface area contributed by atoms with E-state index >= 15 is 0 Å². The van der Waals surface area contributed by atoms with Crippen LogP contribution in [0.4, 0.5) is 5.69 Å². The van der Waals surface area contributed by atoms with Gasteiger partial charge in [0.05, 0.1) is 19.8 Å². The Labute approximate surface area is 274 Å². The van der Waals surface area contributed by atoms with Crippen molar-refractivity contribution in [1.29, 1.82) is 0 Å². The highest BCUT2D eigenvalue weighted by Gasteiger charge is 2.28. The molecule has 0 spiro atoms. The van der Waals surface area contributed by atoms with Crippen molar-refractivity contribution in [2.24, 2.45) is 0 Å². The molecule has 9 heteroatoms. The third-order valence-corrected chi connectivity index (χ3v) is 9.15. The molecule has 0 aliphatic heterocycles. The number of nitrogens with zero attached hydrogens (tertiary/aromatic N) is 2. The van der Waals surface area contributed by atoms with Crippen molar-refractivity contribution in [1.82, 2.24) is 15.2 Å². The van der Waals surface area contributed by atoms with Crippen LogP contribution in [-0.4, -0.2) is 82.1 Å². The number of methoxy groups -OCH3 is 1. The largest absolute Gasteiger partial charge is 0.491 e. The molecule has 0 saturated heterocycles. The molecule has 46 heavy (non-hydrogen) atoms. The summed E-state index contributed by atoms with van der Waals surface area (Å²) in [4.78, 5) is 34.2. The molecule has 3 aromatic rings. The molecule has 250 valence electrons. The second kappa shape index (κ2) is 16.8. The molecule has 9 nitrogen and oxygen atoms in total. The van der Waals surface area contributed by atoms with Crippen LogP contribution in [0.5, 0.6) is 5.75 Å². The van der Waals surface area contributed by atoms with Crippen LogP contribution >= 0.6 is 0 Å². The van der Waals surface area contributed by atoms with Gasteiger partial charge in [0.15, 0.2) is 0 Å². The van der Waals surface area contributed by atoms with Crippen LogP contribution in [0.2, 0.25) is 0 Å². The summed E-state index contributed by atoms with van der Waals surface area (Å²) in [6.07, 6.45) is 4.53. The molecule has 1 heterocycles. The van der Waals surface area contributed by atoms with E-state index in [9.17, 15) is 9.59 Å². The van der Waals surface area contributed by atoms with E-state index in [-0.39, 0.29) is 18.0 Å². The van der Waals surface area contributed by atoms with Crippen LogP contribution in [0, 0.1) is 20.8 Å². The number of benzene rings is 2. The van der Waals surface area contributed by atoms with Crippen molar-refractivity contribution in [3.63, 3.8) is 0 Å². The average molecular weight is 633 g/mol. The molecule has 1 fully saturated rings. The van der Waals surface area contributed by atoms with Gasteiger partial charge in [-0.2, -0.15) is 0 Å². The minimum atomic E-state index is -0.194. The maximum absolute atomic E-state index is 13.8. The molecule has 1 aliphatic rings. The Bertz CT molecular complexity index is 1490. The van der Waals surface area contributed by atoms with E-state index in [1.165, 1.54) is 0 Å². The van der Waals surface area contributed by atoms with Gasteiger partial charge < -0.3 is 34.3 Å².